The molecule has 0 fully saturated rings. The first-order valence-electron chi connectivity index (χ1n) is 5.63. The molecule has 1 rings (SSSR count). The lowest BCUT2D eigenvalue weighted by Gasteiger charge is -2.19. The van der Waals surface area contributed by atoms with E-state index in [1.165, 1.54) is 0 Å². The zero-order valence-corrected chi connectivity index (χ0v) is 12.9. The highest BCUT2D eigenvalue weighted by atomic mass is 79.9. The van der Waals surface area contributed by atoms with Crippen molar-refractivity contribution in [1.82, 2.24) is 0 Å². The molecule has 1 aromatic rings. The lowest BCUT2D eigenvalue weighted by molar-refractivity contribution is 0.292. The number of hydrogen-bond donors (Lipinski definition) is 0. The molecule has 0 atom stereocenters. The van der Waals surface area contributed by atoms with Crippen molar-refractivity contribution in [2.24, 2.45) is 0 Å². The predicted octanol–water partition coefficient (Wildman–Crippen LogP) is 3.50. The third-order valence-corrected chi connectivity index (χ3v) is 3.19. The standard InChI is InChI=1S/C14H18BBrO2/c1-9(2)12-7-11(16)8-13(10(3)4)14(12)15(17-5)18-6/h7-8H,1,3H2,2,4-6H3. The van der Waals surface area contributed by atoms with Crippen molar-refractivity contribution in [2.75, 3.05) is 14.2 Å². The molecule has 2 nitrogen and oxygen atoms in total. The molecule has 0 spiro atoms. The molecule has 0 aromatic heterocycles. The molecule has 0 heterocycles. The van der Waals surface area contributed by atoms with Crippen LogP contribution in [0.5, 0.6) is 0 Å². The Labute approximate surface area is 118 Å². The normalized spacial score (nSPS) is 10.3. The quantitative estimate of drug-likeness (QED) is 0.775. The van der Waals surface area contributed by atoms with Gasteiger partial charge in [-0.05, 0) is 42.6 Å². The van der Waals surface area contributed by atoms with Gasteiger partial charge in [-0.1, -0.05) is 40.2 Å². The van der Waals surface area contributed by atoms with Crippen LogP contribution in [0.2, 0.25) is 0 Å². The van der Waals surface area contributed by atoms with Gasteiger partial charge in [-0.2, -0.15) is 0 Å². The summed E-state index contributed by atoms with van der Waals surface area (Å²) in [4.78, 5) is 0. The summed E-state index contributed by atoms with van der Waals surface area (Å²) >= 11 is 3.51. The van der Waals surface area contributed by atoms with Crippen molar-refractivity contribution >= 4 is 39.7 Å². The third-order valence-electron chi connectivity index (χ3n) is 2.73. The van der Waals surface area contributed by atoms with E-state index in [2.05, 4.69) is 29.1 Å². The largest absolute Gasteiger partial charge is 0.494 e. The van der Waals surface area contributed by atoms with E-state index in [-0.39, 0.29) is 0 Å². The van der Waals surface area contributed by atoms with Gasteiger partial charge >= 0.3 is 7.12 Å². The second-order valence-corrected chi connectivity index (χ2v) is 5.19. The topological polar surface area (TPSA) is 18.5 Å². The first-order valence-corrected chi connectivity index (χ1v) is 6.42. The van der Waals surface area contributed by atoms with E-state index in [1.807, 2.05) is 26.0 Å². The number of allylic oxidation sites excluding steroid dienone is 2. The molecule has 0 N–H and O–H groups in total. The average Bonchev–Trinajstić information content (AvgIpc) is 2.31. The van der Waals surface area contributed by atoms with Crippen molar-refractivity contribution < 1.29 is 9.31 Å². The van der Waals surface area contributed by atoms with Crippen LogP contribution in [0.4, 0.5) is 0 Å². The monoisotopic (exact) mass is 308 g/mol. The van der Waals surface area contributed by atoms with E-state index in [1.54, 1.807) is 14.2 Å². The highest BCUT2D eigenvalue weighted by Gasteiger charge is 2.26. The molecule has 0 aliphatic heterocycles. The fourth-order valence-electron chi connectivity index (χ4n) is 1.91. The van der Waals surface area contributed by atoms with Crippen LogP contribution in [0.15, 0.2) is 29.8 Å². The third kappa shape index (κ3) is 3.13. The minimum Gasteiger partial charge on any atom is -0.410 e. The summed E-state index contributed by atoms with van der Waals surface area (Å²) < 4.78 is 11.8. The van der Waals surface area contributed by atoms with Crippen LogP contribution < -0.4 is 5.46 Å². The molecule has 4 heteroatoms. The molecule has 96 valence electrons. The highest BCUT2D eigenvalue weighted by Crippen LogP contribution is 2.23. The lowest BCUT2D eigenvalue weighted by Crippen LogP contribution is -2.39. The SMILES string of the molecule is C=C(C)c1cc(Br)cc(C(=C)C)c1B(OC)OC. The summed E-state index contributed by atoms with van der Waals surface area (Å²) in [5.41, 5.74) is 4.95. The molecule has 1 aromatic carbocycles. The van der Waals surface area contributed by atoms with Crippen LogP contribution in [0, 0.1) is 0 Å². The van der Waals surface area contributed by atoms with Gasteiger partial charge in [-0.15, -0.1) is 0 Å². The molecule has 0 aliphatic rings. The van der Waals surface area contributed by atoms with Crippen molar-refractivity contribution in [3.05, 3.63) is 40.9 Å². The molecule has 0 bridgehead atoms. The highest BCUT2D eigenvalue weighted by molar-refractivity contribution is 9.10. The first-order chi connectivity index (χ1) is 8.42. The fourth-order valence-corrected chi connectivity index (χ4v) is 2.37. The zero-order chi connectivity index (χ0) is 13.9. The van der Waals surface area contributed by atoms with E-state index in [0.29, 0.717) is 0 Å². The van der Waals surface area contributed by atoms with Gasteiger partial charge in [0, 0.05) is 18.7 Å². The van der Waals surface area contributed by atoms with Gasteiger partial charge in [0.25, 0.3) is 0 Å². The van der Waals surface area contributed by atoms with Gasteiger partial charge in [0.1, 0.15) is 0 Å². The number of benzene rings is 1. The van der Waals surface area contributed by atoms with E-state index in [4.69, 9.17) is 9.31 Å². The maximum absolute atomic E-state index is 5.39. The van der Waals surface area contributed by atoms with Crippen molar-refractivity contribution in [3.63, 3.8) is 0 Å². The second kappa shape index (κ2) is 6.37. The summed E-state index contributed by atoms with van der Waals surface area (Å²) in [6.07, 6.45) is 0. The van der Waals surface area contributed by atoms with Crippen molar-refractivity contribution in [2.45, 2.75) is 13.8 Å². The molecule has 0 radical (unpaired) electrons. The maximum atomic E-state index is 5.39. The molecule has 0 aliphatic carbocycles. The molecule has 0 unspecified atom stereocenters. The second-order valence-electron chi connectivity index (χ2n) is 4.28. The van der Waals surface area contributed by atoms with Crippen LogP contribution in [-0.4, -0.2) is 21.3 Å². The van der Waals surface area contributed by atoms with E-state index >= 15 is 0 Å². The average molecular weight is 309 g/mol. The molecular weight excluding hydrogens is 291 g/mol. The minimum absolute atomic E-state index is 0.420. The van der Waals surface area contributed by atoms with E-state index in [9.17, 15) is 0 Å². The molecule has 0 saturated heterocycles. The fraction of sp³-hybridized carbons (Fsp3) is 0.286. The van der Waals surface area contributed by atoms with E-state index < -0.39 is 7.12 Å². The Hall–Kier alpha value is -0.835. The predicted molar refractivity (Wildman–Crippen MR) is 83.0 cm³/mol. The lowest BCUT2D eigenvalue weighted by atomic mass is 9.70. The van der Waals surface area contributed by atoms with Crippen LogP contribution in [0.25, 0.3) is 11.1 Å². The molecule has 0 saturated carbocycles. The maximum Gasteiger partial charge on any atom is 0.494 e. The molecular formula is C14H18BBrO2. The van der Waals surface area contributed by atoms with Crippen LogP contribution in [0.3, 0.4) is 0 Å². The van der Waals surface area contributed by atoms with Crippen LogP contribution in [0.1, 0.15) is 25.0 Å². The van der Waals surface area contributed by atoms with E-state index in [0.717, 1.165) is 32.2 Å². The molecule has 0 amide bonds. The minimum atomic E-state index is -0.420. The Balaban J connectivity index is 3.60. The van der Waals surface area contributed by atoms with Gasteiger partial charge in [0.2, 0.25) is 0 Å². The summed E-state index contributed by atoms with van der Waals surface area (Å²) in [5.74, 6) is 0. The van der Waals surface area contributed by atoms with Gasteiger partial charge < -0.3 is 9.31 Å². The number of halogens is 1. The number of rotatable bonds is 5. The van der Waals surface area contributed by atoms with Gasteiger partial charge in [0.05, 0.1) is 0 Å². The summed E-state index contributed by atoms with van der Waals surface area (Å²) in [6, 6.07) is 4.05. The summed E-state index contributed by atoms with van der Waals surface area (Å²) in [6.45, 7) is 12.0. The van der Waals surface area contributed by atoms with Crippen molar-refractivity contribution in [3.8, 4) is 0 Å². The Morgan fingerprint density at radius 1 is 1.06 bits per heavy atom. The smallest absolute Gasteiger partial charge is 0.410 e. The van der Waals surface area contributed by atoms with Crippen LogP contribution >= 0.6 is 15.9 Å². The Morgan fingerprint density at radius 3 is 1.72 bits per heavy atom. The van der Waals surface area contributed by atoms with Crippen molar-refractivity contribution in [1.29, 1.82) is 0 Å². The van der Waals surface area contributed by atoms with Gasteiger partial charge in [0.15, 0.2) is 0 Å². The Morgan fingerprint density at radius 2 is 1.44 bits per heavy atom. The molecule has 18 heavy (non-hydrogen) atoms. The van der Waals surface area contributed by atoms with Gasteiger partial charge in [-0.25, -0.2) is 0 Å². The summed E-state index contributed by atoms with van der Waals surface area (Å²) in [5, 5.41) is 0. The Bertz CT molecular complexity index is 444. The zero-order valence-electron chi connectivity index (χ0n) is 11.3. The van der Waals surface area contributed by atoms with Gasteiger partial charge in [-0.3, -0.25) is 0 Å². The number of hydrogen-bond acceptors (Lipinski definition) is 2. The Kier molecular flexibility index (Phi) is 5.38. The summed E-state index contributed by atoms with van der Waals surface area (Å²) in [7, 11) is 2.83. The first kappa shape index (κ1) is 15.2. The van der Waals surface area contributed by atoms with Crippen LogP contribution in [-0.2, 0) is 9.31 Å².